The van der Waals surface area contributed by atoms with E-state index in [1.807, 2.05) is 0 Å². The minimum absolute atomic E-state index is 0.165. The number of hydrogen-bond acceptors (Lipinski definition) is 2. The van der Waals surface area contributed by atoms with E-state index in [1.165, 1.54) is 0 Å². The molecule has 0 spiro atoms. The molecule has 1 amide bonds. The van der Waals surface area contributed by atoms with Crippen molar-refractivity contribution in [2.24, 2.45) is 11.3 Å². The highest BCUT2D eigenvalue weighted by Crippen LogP contribution is 2.40. The second kappa shape index (κ2) is 4.52. The largest absolute Gasteiger partial charge is 0.390 e. The molecule has 1 saturated heterocycles. The summed E-state index contributed by atoms with van der Waals surface area (Å²) in [5.74, 6) is -0.409. The molecule has 0 aliphatic carbocycles. The zero-order valence-corrected chi connectivity index (χ0v) is 11.7. The maximum Gasteiger partial charge on any atom is 0.228 e. The highest BCUT2D eigenvalue weighted by Gasteiger charge is 2.49. The van der Waals surface area contributed by atoms with Gasteiger partial charge < -0.3 is 10.4 Å². The Balaban J connectivity index is 2.69. The van der Waals surface area contributed by atoms with Gasteiger partial charge in [0.1, 0.15) is 0 Å². The van der Waals surface area contributed by atoms with Crippen LogP contribution in [-0.2, 0) is 4.79 Å². The molecule has 0 aromatic carbocycles. The van der Waals surface area contributed by atoms with E-state index in [9.17, 15) is 9.90 Å². The molecule has 1 rings (SSSR count). The number of nitrogens with one attached hydrogen (secondary N) is 1. The van der Waals surface area contributed by atoms with Gasteiger partial charge in [-0.1, -0.05) is 41.7 Å². The predicted octanol–water partition coefficient (Wildman–Crippen LogP) is 2.27. The summed E-state index contributed by atoms with van der Waals surface area (Å²) in [6.07, 6.45) is -0.317. The van der Waals surface area contributed by atoms with Gasteiger partial charge in [0.25, 0.3) is 0 Å². The van der Waals surface area contributed by atoms with Crippen molar-refractivity contribution in [2.45, 2.75) is 43.1 Å². The summed E-state index contributed by atoms with van der Waals surface area (Å²) in [6, 6.07) is -0.354. The lowest BCUT2D eigenvalue weighted by Crippen LogP contribution is -2.37. The van der Waals surface area contributed by atoms with Crippen LogP contribution in [0.1, 0.15) is 27.2 Å². The van der Waals surface area contributed by atoms with Gasteiger partial charge >= 0.3 is 0 Å². The molecule has 2 N–H and O–H groups in total. The quantitative estimate of drug-likeness (QED) is 0.766. The first-order valence-electron chi connectivity index (χ1n) is 5.12. The Kier molecular flexibility index (Phi) is 4.06. The van der Waals surface area contributed by atoms with Crippen LogP contribution in [0, 0.1) is 11.3 Å². The summed E-state index contributed by atoms with van der Waals surface area (Å²) in [5.41, 5.74) is -0.780. The van der Waals surface area contributed by atoms with Crippen LogP contribution < -0.4 is 5.32 Å². The molecule has 3 nitrogen and oxygen atoms in total. The molecule has 0 radical (unpaired) electrons. The molecule has 1 fully saturated rings. The zero-order valence-electron chi connectivity index (χ0n) is 9.43. The van der Waals surface area contributed by atoms with Crippen LogP contribution in [0.4, 0.5) is 0 Å². The summed E-state index contributed by atoms with van der Waals surface area (Å²) in [4.78, 5) is 11.6. The lowest BCUT2D eigenvalue weighted by Gasteiger charge is -2.26. The van der Waals surface area contributed by atoms with Gasteiger partial charge in [-0.3, -0.25) is 4.79 Å². The number of aliphatic hydroxyl groups excluding tert-OH is 1. The van der Waals surface area contributed by atoms with Crippen molar-refractivity contribution in [1.82, 2.24) is 5.32 Å². The van der Waals surface area contributed by atoms with Crippen molar-refractivity contribution >= 4 is 40.7 Å². The Labute approximate surface area is 110 Å². The van der Waals surface area contributed by atoms with E-state index in [-0.39, 0.29) is 17.9 Å². The van der Waals surface area contributed by atoms with E-state index in [2.05, 4.69) is 5.32 Å². The first-order valence-corrected chi connectivity index (χ1v) is 6.26. The lowest BCUT2D eigenvalue weighted by atomic mass is 9.84. The third-order valence-corrected chi connectivity index (χ3v) is 4.31. The molecular weight excluding hydrogens is 272 g/mol. The van der Waals surface area contributed by atoms with E-state index in [4.69, 9.17) is 34.8 Å². The van der Waals surface area contributed by atoms with E-state index >= 15 is 0 Å². The van der Waals surface area contributed by atoms with Crippen molar-refractivity contribution in [1.29, 1.82) is 0 Å². The Hall–Kier alpha value is 0.300. The van der Waals surface area contributed by atoms with Gasteiger partial charge in [0, 0.05) is 5.92 Å². The van der Waals surface area contributed by atoms with Crippen LogP contribution in [0.2, 0.25) is 0 Å². The molecule has 0 saturated carbocycles. The third-order valence-electron chi connectivity index (χ3n) is 3.19. The maximum atomic E-state index is 11.6. The molecule has 0 aromatic heterocycles. The predicted molar refractivity (Wildman–Crippen MR) is 65.8 cm³/mol. The van der Waals surface area contributed by atoms with E-state index in [1.54, 1.807) is 20.8 Å². The fourth-order valence-electron chi connectivity index (χ4n) is 1.77. The number of rotatable bonds is 2. The fraction of sp³-hybridized carbons (Fsp3) is 0.900. The van der Waals surface area contributed by atoms with E-state index < -0.39 is 15.3 Å². The summed E-state index contributed by atoms with van der Waals surface area (Å²) >= 11 is 17.3. The first kappa shape index (κ1) is 14.4. The van der Waals surface area contributed by atoms with Gasteiger partial charge in [-0.25, -0.2) is 0 Å². The van der Waals surface area contributed by atoms with Crippen LogP contribution in [0.15, 0.2) is 0 Å². The van der Waals surface area contributed by atoms with Gasteiger partial charge in [-0.05, 0) is 20.3 Å². The van der Waals surface area contributed by atoms with Crippen molar-refractivity contribution in [3.05, 3.63) is 0 Å². The normalized spacial score (nSPS) is 31.3. The van der Waals surface area contributed by atoms with Crippen LogP contribution in [0.5, 0.6) is 0 Å². The fourth-order valence-corrected chi connectivity index (χ4v) is 2.04. The molecule has 1 heterocycles. The van der Waals surface area contributed by atoms with Gasteiger partial charge in [-0.2, -0.15) is 0 Å². The lowest BCUT2D eigenvalue weighted by molar-refractivity contribution is -0.128. The smallest absolute Gasteiger partial charge is 0.228 e. The molecule has 3 atom stereocenters. The standard InChI is InChI=1S/C10H16Cl3NO2/c1-5(10(11,12)13)4-6-7(15)9(2,3)8(16)14-6/h5-7,15H,4H2,1-3H3,(H,14,16)/t5-,6-,7+/m0/s1. The third kappa shape index (κ3) is 2.76. The molecule has 16 heavy (non-hydrogen) atoms. The van der Waals surface area contributed by atoms with Gasteiger partial charge in [0.15, 0.2) is 3.79 Å². The number of amides is 1. The molecular formula is C10H16Cl3NO2. The molecule has 1 aliphatic rings. The molecule has 0 bridgehead atoms. The van der Waals surface area contributed by atoms with Crippen LogP contribution in [0.25, 0.3) is 0 Å². The van der Waals surface area contributed by atoms with Crippen molar-refractivity contribution < 1.29 is 9.90 Å². The van der Waals surface area contributed by atoms with Crippen molar-refractivity contribution in [2.75, 3.05) is 0 Å². The summed E-state index contributed by atoms with van der Waals surface area (Å²) in [7, 11) is 0. The van der Waals surface area contributed by atoms with Crippen molar-refractivity contribution in [3.8, 4) is 0 Å². The number of hydrogen-bond donors (Lipinski definition) is 2. The van der Waals surface area contributed by atoms with Crippen molar-refractivity contribution in [3.63, 3.8) is 0 Å². The maximum absolute atomic E-state index is 11.6. The average molecular weight is 289 g/mol. The molecule has 1 aliphatic heterocycles. The summed E-state index contributed by atoms with van der Waals surface area (Å²) in [6.45, 7) is 5.18. The van der Waals surface area contributed by atoms with Gasteiger partial charge in [-0.15, -0.1) is 0 Å². The minimum atomic E-state index is -1.38. The van der Waals surface area contributed by atoms with Crippen LogP contribution >= 0.6 is 34.8 Å². The number of carbonyl (C=O) groups excluding carboxylic acids is 1. The number of halogens is 3. The number of carbonyl (C=O) groups is 1. The second-order valence-corrected chi connectivity index (χ2v) is 7.29. The highest BCUT2D eigenvalue weighted by molar-refractivity contribution is 6.67. The molecule has 6 heteroatoms. The average Bonchev–Trinajstić information content (AvgIpc) is 2.29. The zero-order chi connectivity index (χ0) is 12.7. The van der Waals surface area contributed by atoms with Crippen LogP contribution in [-0.4, -0.2) is 27.0 Å². The molecule has 0 unspecified atom stereocenters. The second-order valence-electron chi connectivity index (χ2n) is 4.92. The topological polar surface area (TPSA) is 49.3 Å². The molecule has 0 aromatic rings. The highest BCUT2D eigenvalue weighted by atomic mass is 35.6. The Morgan fingerprint density at radius 2 is 2.00 bits per heavy atom. The number of alkyl halides is 3. The number of aliphatic hydroxyl groups is 1. The minimum Gasteiger partial charge on any atom is -0.390 e. The van der Waals surface area contributed by atoms with E-state index in [0.717, 1.165) is 0 Å². The monoisotopic (exact) mass is 287 g/mol. The Morgan fingerprint density at radius 3 is 2.31 bits per heavy atom. The Bertz CT molecular complexity index is 288. The SMILES string of the molecule is C[C@@H](C[C@@H]1NC(=O)C(C)(C)[C@@H]1O)C(Cl)(Cl)Cl. The first-order chi connectivity index (χ1) is 7.06. The van der Waals surface area contributed by atoms with Crippen LogP contribution in [0.3, 0.4) is 0 Å². The van der Waals surface area contributed by atoms with Gasteiger partial charge in [0.2, 0.25) is 5.91 Å². The van der Waals surface area contributed by atoms with Gasteiger partial charge in [0.05, 0.1) is 17.6 Å². The summed E-state index contributed by atoms with van der Waals surface area (Å²) < 4.78 is -1.38. The molecule has 94 valence electrons. The Morgan fingerprint density at radius 1 is 1.50 bits per heavy atom. The van der Waals surface area contributed by atoms with E-state index in [0.29, 0.717) is 6.42 Å². The summed E-state index contributed by atoms with van der Waals surface area (Å²) in [5, 5.41) is 12.7.